The first-order valence-corrected chi connectivity index (χ1v) is 15.7. The van der Waals surface area contributed by atoms with Gasteiger partial charge in [0.15, 0.2) is 0 Å². The summed E-state index contributed by atoms with van der Waals surface area (Å²) in [6.45, 7) is 11.4. The van der Waals surface area contributed by atoms with Crippen LogP contribution in [0.2, 0.25) is 0 Å². The number of nitrogens with one attached hydrogen (secondary N) is 2. The van der Waals surface area contributed by atoms with E-state index in [-0.39, 0.29) is 25.3 Å². The highest BCUT2D eigenvalue weighted by molar-refractivity contribution is 6.00. The molecule has 45 heavy (non-hydrogen) atoms. The lowest BCUT2D eigenvalue weighted by atomic mass is 9.97. The zero-order chi connectivity index (χ0) is 33.1. The van der Waals surface area contributed by atoms with E-state index in [9.17, 15) is 19.2 Å². The van der Waals surface area contributed by atoms with Gasteiger partial charge in [-0.05, 0) is 75.9 Å². The minimum atomic E-state index is -1.14. The maximum Gasteiger partial charge on any atom is 0.408 e. The molecular formula is C36H48N4O5. The van der Waals surface area contributed by atoms with Crippen LogP contribution >= 0.6 is 0 Å². The van der Waals surface area contributed by atoms with Gasteiger partial charge < -0.3 is 26.0 Å². The Hall–Kier alpha value is -4.40. The number of aryl methyl sites for hydroxylation is 2. The number of ether oxygens (including phenoxy) is 1. The number of hydrogen-bond donors (Lipinski definition) is 3. The number of nitrogens with two attached hydrogens (primary N) is 1. The van der Waals surface area contributed by atoms with Crippen LogP contribution in [0.1, 0.15) is 89.0 Å². The van der Waals surface area contributed by atoms with Crippen LogP contribution in [0.5, 0.6) is 0 Å². The molecule has 0 saturated carbocycles. The number of nitrogens with zero attached hydrogens (tertiary/aromatic N) is 1. The highest BCUT2D eigenvalue weighted by atomic mass is 16.6. The Morgan fingerprint density at radius 1 is 0.889 bits per heavy atom. The molecular weight excluding hydrogens is 568 g/mol. The zero-order valence-corrected chi connectivity index (χ0v) is 27.4. The number of benzene rings is 3. The van der Waals surface area contributed by atoms with E-state index in [4.69, 9.17) is 10.5 Å². The van der Waals surface area contributed by atoms with Gasteiger partial charge >= 0.3 is 6.09 Å². The van der Waals surface area contributed by atoms with Crippen molar-refractivity contribution in [2.24, 2.45) is 5.73 Å². The molecule has 0 aliphatic carbocycles. The number of fused-ring (bicyclic) bond motifs is 1. The molecule has 0 saturated heterocycles. The molecule has 4 N–H and O–H groups in total. The number of carbonyl (C=O) groups is 4. The second-order valence-electron chi connectivity index (χ2n) is 12.7. The first kappa shape index (κ1) is 35.1. The maximum absolute atomic E-state index is 14.5. The van der Waals surface area contributed by atoms with E-state index in [2.05, 4.69) is 17.6 Å². The zero-order valence-electron chi connectivity index (χ0n) is 27.4. The van der Waals surface area contributed by atoms with E-state index in [1.165, 1.54) is 4.90 Å². The first-order chi connectivity index (χ1) is 21.3. The predicted octanol–water partition coefficient (Wildman–Crippen LogP) is 6.70. The lowest BCUT2D eigenvalue weighted by molar-refractivity contribution is -0.141. The van der Waals surface area contributed by atoms with Crippen LogP contribution in [0.25, 0.3) is 10.8 Å². The van der Waals surface area contributed by atoms with Gasteiger partial charge in [-0.25, -0.2) is 4.79 Å². The number of hydrogen-bond acceptors (Lipinski definition) is 5. The summed E-state index contributed by atoms with van der Waals surface area (Å²) in [6.07, 6.45) is 2.52. The number of anilines is 1. The molecule has 0 bridgehead atoms. The fraction of sp³-hybridized carbons (Fsp3) is 0.444. The summed E-state index contributed by atoms with van der Waals surface area (Å²) >= 11 is 0. The van der Waals surface area contributed by atoms with E-state index >= 15 is 0 Å². The summed E-state index contributed by atoms with van der Waals surface area (Å²) in [5.74, 6) is -1.48. The maximum atomic E-state index is 14.5. The van der Waals surface area contributed by atoms with Crippen molar-refractivity contribution in [1.29, 1.82) is 0 Å². The standard InChI is InChI=1S/C36H48N4O5/c1-7-8-9-12-19-40(34(43)30(17-18-31(37)41)39-35(44)45-36(4,5)6)32(28-21-24(2)20-25(3)22-28)33(42)38-29-16-15-26-13-10-11-14-27(26)23-29/h10-11,13-16,20-23,30,32H,7-9,12,17-19H2,1-6H3,(H2,37,41)(H,38,42)(H,39,44). The average Bonchev–Trinajstić information content (AvgIpc) is 2.94. The lowest BCUT2D eigenvalue weighted by Gasteiger charge is -2.35. The van der Waals surface area contributed by atoms with Crippen molar-refractivity contribution in [3.63, 3.8) is 0 Å². The van der Waals surface area contributed by atoms with E-state index in [1.807, 2.05) is 74.5 Å². The monoisotopic (exact) mass is 616 g/mol. The first-order valence-electron chi connectivity index (χ1n) is 15.7. The molecule has 3 rings (SSSR count). The van der Waals surface area contributed by atoms with E-state index in [0.717, 1.165) is 41.2 Å². The molecule has 0 aliphatic heterocycles. The van der Waals surface area contributed by atoms with Crippen molar-refractivity contribution in [2.75, 3.05) is 11.9 Å². The third-order valence-corrected chi connectivity index (χ3v) is 7.34. The van der Waals surface area contributed by atoms with Crippen molar-refractivity contribution in [3.8, 4) is 0 Å². The minimum absolute atomic E-state index is 0.0370. The largest absolute Gasteiger partial charge is 0.444 e. The van der Waals surface area contributed by atoms with Gasteiger partial charge in [0.05, 0.1) is 0 Å². The number of primary amides is 1. The van der Waals surface area contributed by atoms with Gasteiger partial charge in [0.2, 0.25) is 11.8 Å². The Bertz CT molecular complexity index is 1480. The van der Waals surface area contributed by atoms with Crippen molar-refractivity contribution < 1.29 is 23.9 Å². The molecule has 0 heterocycles. The molecule has 0 fully saturated rings. The van der Waals surface area contributed by atoms with Crippen molar-refractivity contribution >= 4 is 40.3 Å². The van der Waals surface area contributed by atoms with Gasteiger partial charge in [0, 0.05) is 18.7 Å². The molecule has 9 nitrogen and oxygen atoms in total. The van der Waals surface area contributed by atoms with E-state index in [0.29, 0.717) is 17.7 Å². The number of amides is 4. The highest BCUT2D eigenvalue weighted by Gasteiger charge is 2.36. The Labute approximate surface area is 266 Å². The smallest absolute Gasteiger partial charge is 0.408 e. The summed E-state index contributed by atoms with van der Waals surface area (Å²) < 4.78 is 5.44. The molecule has 9 heteroatoms. The Morgan fingerprint density at radius 3 is 2.18 bits per heavy atom. The van der Waals surface area contributed by atoms with Gasteiger partial charge in [-0.1, -0.05) is 85.8 Å². The third-order valence-electron chi connectivity index (χ3n) is 7.34. The van der Waals surface area contributed by atoms with Crippen LogP contribution in [-0.4, -0.2) is 46.9 Å². The SMILES string of the molecule is CCCCCCN(C(=O)C(CCC(N)=O)NC(=O)OC(C)(C)C)C(C(=O)Nc1ccc2ccccc2c1)c1cc(C)cc(C)c1. The van der Waals surface area contributed by atoms with Crippen LogP contribution in [0.3, 0.4) is 0 Å². The normalized spacial score (nSPS) is 12.7. The Morgan fingerprint density at radius 2 is 1.56 bits per heavy atom. The number of alkyl carbamates (subject to hydrolysis) is 1. The molecule has 2 unspecified atom stereocenters. The summed E-state index contributed by atoms with van der Waals surface area (Å²) in [6, 6.07) is 17.2. The van der Waals surface area contributed by atoms with Crippen molar-refractivity contribution in [2.45, 2.75) is 97.8 Å². The van der Waals surface area contributed by atoms with Gasteiger partial charge in [-0.15, -0.1) is 0 Å². The fourth-order valence-electron chi connectivity index (χ4n) is 5.39. The van der Waals surface area contributed by atoms with Gasteiger partial charge in [-0.3, -0.25) is 14.4 Å². The summed E-state index contributed by atoms with van der Waals surface area (Å²) in [4.78, 5) is 54.9. The van der Waals surface area contributed by atoms with Gasteiger partial charge in [0.1, 0.15) is 17.7 Å². The molecule has 0 radical (unpaired) electrons. The van der Waals surface area contributed by atoms with E-state index < -0.39 is 35.6 Å². The second-order valence-corrected chi connectivity index (χ2v) is 12.7. The van der Waals surface area contributed by atoms with Gasteiger partial charge in [0.25, 0.3) is 5.91 Å². The molecule has 0 spiro atoms. The quantitative estimate of drug-likeness (QED) is 0.173. The minimum Gasteiger partial charge on any atom is -0.444 e. The average molecular weight is 617 g/mol. The van der Waals surface area contributed by atoms with Crippen molar-refractivity contribution in [3.05, 3.63) is 77.4 Å². The number of carbonyl (C=O) groups excluding carboxylic acids is 4. The molecule has 3 aromatic carbocycles. The van der Waals surface area contributed by atoms with Gasteiger partial charge in [-0.2, -0.15) is 0 Å². The van der Waals surface area contributed by atoms with Crippen LogP contribution in [0.4, 0.5) is 10.5 Å². The molecule has 3 aromatic rings. The molecule has 0 aliphatic rings. The third kappa shape index (κ3) is 10.9. The lowest BCUT2D eigenvalue weighted by Crippen LogP contribution is -2.52. The van der Waals surface area contributed by atoms with Crippen LogP contribution in [0, 0.1) is 13.8 Å². The number of unbranched alkanes of at least 4 members (excludes halogenated alkanes) is 3. The molecule has 4 amide bonds. The topological polar surface area (TPSA) is 131 Å². The summed E-state index contributed by atoms with van der Waals surface area (Å²) in [7, 11) is 0. The van der Waals surface area contributed by atoms with E-state index in [1.54, 1.807) is 20.8 Å². The summed E-state index contributed by atoms with van der Waals surface area (Å²) in [5, 5.41) is 7.72. The van der Waals surface area contributed by atoms with Crippen LogP contribution in [0.15, 0.2) is 60.7 Å². The Balaban J connectivity index is 2.07. The predicted molar refractivity (Wildman–Crippen MR) is 179 cm³/mol. The molecule has 2 atom stereocenters. The summed E-state index contributed by atoms with van der Waals surface area (Å²) in [5.41, 5.74) is 7.80. The highest BCUT2D eigenvalue weighted by Crippen LogP contribution is 2.28. The molecule has 0 aromatic heterocycles. The number of rotatable bonds is 14. The van der Waals surface area contributed by atoms with Crippen molar-refractivity contribution in [1.82, 2.24) is 10.2 Å². The van der Waals surface area contributed by atoms with Crippen LogP contribution < -0.4 is 16.4 Å². The van der Waals surface area contributed by atoms with Crippen LogP contribution in [-0.2, 0) is 19.1 Å². The Kier molecular flexibility index (Phi) is 12.5. The molecule has 242 valence electrons. The fourth-order valence-corrected chi connectivity index (χ4v) is 5.39. The second kappa shape index (κ2) is 16.1.